The number of nitrogens with zero attached hydrogens (tertiary/aromatic N) is 1. The lowest BCUT2D eigenvalue weighted by Crippen LogP contribution is -2.13. The van der Waals surface area contributed by atoms with Crippen LogP contribution < -0.4 is 10.6 Å². The van der Waals surface area contributed by atoms with Crippen LogP contribution in [0.1, 0.15) is 22.5 Å². The Hall–Kier alpha value is -2.41. The predicted octanol–water partition coefficient (Wildman–Crippen LogP) is 5.27. The van der Waals surface area contributed by atoms with Gasteiger partial charge in [0.1, 0.15) is 0 Å². The Bertz CT molecular complexity index is 940. The number of thiazole rings is 1. The van der Waals surface area contributed by atoms with E-state index in [2.05, 4.69) is 15.6 Å². The SMILES string of the molecule is O=C(CCc1csc(NC(=O)c2ccc(Cl)cc2)n1)Nc1ccc(Cl)cc1. The van der Waals surface area contributed by atoms with Crippen molar-refractivity contribution in [2.75, 3.05) is 10.6 Å². The number of hydrogen-bond acceptors (Lipinski definition) is 4. The Labute approximate surface area is 170 Å². The minimum Gasteiger partial charge on any atom is -0.326 e. The van der Waals surface area contributed by atoms with E-state index in [9.17, 15) is 9.59 Å². The first-order valence-corrected chi connectivity index (χ1v) is 9.70. The summed E-state index contributed by atoms with van der Waals surface area (Å²) in [5.41, 5.74) is 1.94. The van der Waals surface area contributed by atoms with E-state index in [4.69, 9.17) is 23.2 Å². The van der Waals surface area contributed by atoms with E-state index in [1.165, 1.54) is 11.3 Å². The molecule has 0 saturated carbocycles. The molecule has 27 heavy (non-hydrogen) atoms. The molecule has 0 aliphatic carbocycles. The summed E-state index contributed by atoms with van der Waals surface area (Å²) in [6, 6.07) is 13.5. The van der Waals surface area contributed by atoms with Gasteiger partial charge in [-0.05, 0) is 55.0 Å². The average Bonchev–Trinajstić information content (AvgIpc) is 3.10. The highest BCUT2D eigenvalue weighted by molar-refractivity contribution is 7.14. The normalized spacial score (nSPS) is 10.4. The number of nitrogens with one attached hydrogen (secondary N) is 2. The van der Waals surface area contributed by atoms with Gasteiger partial charge >= 0.3 is 0 Å². The van der Waals surface area contributed by atoms with E-state index in [0.717, 1.165) is 5.69 Å². The lowest BCUT2D eigenvalue weighted by atomic mass is 10.2. The Kier molecular flexibility index (Phi) is 6.45. The summed E-state index contributed by atoms with van der Waals surface area (Å²) in [4.78, 5) is 28.5. The number of aromatic nitrogens is 1. The summed E-state index contributed by atoms with van der Waals surface area (Å²) >= 11 is 13.0. The number of aryl methyl sites for hydroxylation is 1. The molecule has 0 spiro atoms. The van der Waals surface area contributed by atoms with Crippen LogP contribution in [0.3, 0.4) is 0 Å². The molecule has 5 nitrogen and oxygen atoms in total. The molecule has 0 fully saturated rings. The van der Waals surface area contributed by atoms with Crippen LogP contribution in [-0.2, 0) is 11.2 Å². The molecule has 0 aliphatic rings. The van der Waals surface area contributed by atoms with Crippen molar-refractivity contribution in [2.45, 2.75) is 12.8 Å². The maximum atomic E-state index is 12.2. The van der Waals surface area contributed by atoms with Gasteiger partial charge in [0.25, 0.3) is 5.91 Å². The Morgan fingerprint density at radius 3 is 2.22 bits per heavy atom. The van der Waals surface area contributed by atoms with Crippen LogP contribution in [0.4, 0.5) is 10.8 Å². The lowest BCUT2D eigenvalue weighted by Gasteiger charge is -2.04. The van der Waals surface area contributed by atoms with E-state index in [-0.39, 0.29) is 18.2 Å². The van der Waals surface area contributed by atoms with E-state index >= 15 is 0 Å². The molecule has 0 aliphatic heterocycles. The van der Waals surface area contributed by atoms with Gasteiger partial charge in [-0.1, -0.05) is 23.2 Å². The number of carbonyl (C=O) groups is 2. The fraction of sp³-hybridized carbons (Fsp3) is 0.105. The molecule has 0 bridgehead atoms. The fourth-order valence-corrected chi connectivity index (χ4v) is 3.24. The molecule has 0 atom stereocenters. The molecule has 0 radical (unpaired) electrons. The maximum absolute atomic E-state index is 12.2. The summed E-state index contributed by atoms with van der Waals surface area (Å²) in [6.07, 6.45) is 0.768. The van der Waals surface area contributed by atoms with Crippen molar-refractivity contribution < 1.29 is 9.59 Å². The predicted molar refractivity (Wildman–Crippen MR) is 110 cm³/mol. The molecule has 1 heterocycles. The Morgan fingerprint density at radius 1 is 0.926 bits per heavy atom. The maximum Gasteiger partial charge on any atom is 0.257 e. The molecular weight excluding hydrogens is 405 g/mol. The molecular formula is C19H15Cl2N3O2S. The van der Waals surface area contributed by atoms with Gasteiger partial charge in [0, 0.05) is 33.1 Å². The summed E-state index contributed by atoms with van der Waals surface area (Å²) in [6.45, 7) is 0. The minimum atomic E-state index is -0.256. The van der Waals surface area contributed by atoms with Gasteiger partial charge in [0.05, 0.1) is 5.69 Å². The number of amides is 2. The van der Waals surface area contributed by atoms with E-state index in [0.29, 0.717) is 32.8 Å². The fourth-order valence-electron chi connectivity index (χ4n) is 2.25. The molecule has 1 aromatic heterocycles. The van der Waals surface area contributed by atoms with E-state index in [1.807, 2.05) is 5.38 Å². The third kappa shape index (κ3) is 5.79. The molecule has 2 aromatic carbocycles. The number of anilines is 2. The smallest absolute Gasteiger partial charge is 0.257 e. The highest BCUT2D eigenvalue weighted by Gasteiger charge is 2.10. The zero-order valence-electron chi connectivity index (χ0n) is 14.0. The summed E-state index contributed by atoms with van der Waals surface area (Å²) in [5, 5.41) is 9.04. The summed E-state index contributed by atoms with van der Waals surface area (Å²) in [7, 11) is 0. The van der Waals surface area contributed by atoms with Crippen LogP contribution in [0.5, 0.6) is 0 Å². The van der Waals surface area contributed by atoms with Crippen molar-refractivity contribution in [3.63, 3.8) is 0 Å². The Morgan fingerprint density at radius 2 is 1.56 bits per heavy atom. The second-order valence-corrected chi connectivity index (χ2v) is 7.39. The van der Waals surface area contributed by atoms with Gasteiger partial charge in [-0.2, -0.15) is 0 Å². The molecule has 2 N–H and O–H groups in total. The van der Waals surface area contributed by atoms with Crippen molar-refractivity contribution in [2.24, 2.45) is 0 Å². The van der Waals surface area contributed by atoms with Gasteiger partial charge in [-0.15, -0.1) is 11.3 Å². The Balaban J connectivity index is 1.50. The van der Waals surface area contributed by atoms with Gasteiger partial charge < -0.3 is 5.32 Å². The summed E-state index contributed by atoms with van der Waals surface area (Å²) < 4.78 is 0. The van der Waals surface area contributed by atoms with Crippen LogP contribution in [0.25, 0.3) is 0 Å². The van der Waals surface area contributed by atoms with Crippen molar-refractivity contribution in [3.8, 4) is 0 Å². The highest BCUT2D eigenvalue weighted by Crippen LogP contribution is 2.19. The number of rotatable bonds is 6. The molecule has 0 unspecified atom stereocenters. The van der Waals surface area contributed by atoms with E-state index in [1.54, 1.807) is 48.5 Å². The zero-order chi connectivity index (χ0) is 19.2. The average molecular weight is 420 g/mol. The number of halogens is 2. The van der Waals surface area contributed by atoms with Gasteiger partial charge in [0.15, 0.2) is 5.13 Å². The van der Waals surface area contributed by atoms with Crippen LogP contribution in [-0.4, -0.2) is 16.8 Å². The minimum absolute atomic E-state index is 0.114. The third-order valence-electron chi connectivity index (χ3n) is 3.61. The van der Waals surface area contributed by atoms with Gasteiger partial charge in [-0.25, -0.2) is 4.98 Å². The molecule has 138 valence electrons. The van der Waals surface area contributed by atoms with Gasteiger partial charge in [-0.3, -0.25) is 14.9 Å². The largest absolute Gasteiger partial charge is 0.326 e. The van der Waals surface area contributed by atoms with Crippen LogP contribution in [0.15, 0.2) is 53.9 Å². The second kappa shape index (κ2) is 8.99. The zero-order valence-corrected chi connectivity index (χ0v) is 16.4. The molecule has 0 saturated heterocycles. The molecule has 3 aromatic rings. The molecule has 2 amide bonds. The molecule has 8 heteroatoms. The second-order valence-electron chi connectivity index (χ2n) is 5.66. The van der Waals surface area contributed by atoms with E-state index < -0.39 is 0 Å². The van der Waals surface area contributed by atoms with Crippen LogP contribution in [0, 0.1) is 0 Å². The standard InChI is InChI=1S/C19H15Cl2N3O2S/c20-13-3-1-12(2-4-13)18(26)24-19-23-16(11-27-19)9-10-17(25)22-15-7-5-14(21)6-8-15/h1-8,11H,9-10H2,(H,22,25)(H,23,24,26). The topological polar surface area (TPSA) is 71.1 Å². The summed E-state index contributed by atoms with van der Waals surface area (Å²) in [5.74, 6) is -0.370. The highest BCUT2D eigenvalue weighted by atomic mass is 35.5. The number of hydrogen-bond donors (Lipinski definition) is 2. The van der Waals surface area contributed by atoms with Crippen LogP contribution >= 0.6 is 34.5 Å². The number of benzene rings is 2. The van der Waals surface area contributed by atoms with Crippen molar-refractivity contribution in [3.05, 3.63) is 75.2 Å². The first kappa shape index (κ1) is 19.4. The quantitative estimate of drug-likeness (QED) is 0.571. The first-order chi connectivity index (χ1) is 13.0. The van der Waals surface area contributed by atoms with Crippen LogP contribution in [0.2, 0.25) is 10.0 Å². The molecule has 3 rings (SSSR count). The van der Waals surface area contributed by atoms with Crippen molar-refractivity contribution >= 4 is 57.2 Å². The third-order valence-corrected chi connectivity index (χ3v) is 4.93. The van der Waals surface area contributed by atoms with Crippen molar-refractivity contribution in [1.82, 2.24) is 4.98 Å². The number of carbonyl (C=O) groups excluding carboxylic acids is 2. The lowest BCUT2D eigenvalue weighted by molar-refractivity contribution is -0.116. The van der Waals surface area contributed by atoms with Gasteiger partial charge in [0.2, 0.25) is 5.91 Å². The monoisotopic (exact) mass is 419 g/mol. The first-order valence-electron chi connectivity index (χ1n) is 8.06. The van der Waals surface area contributed by atoms with Crippen molar-refractivity contribution in [1.29, 1.82) is 0 Å².